The topological polar surface area (TPSA) is 61.2 Å². The van der Waals surface area contributed by atoms with E-state index < -0.39 is 9.84 Å². The first-order valence-corrected chi connectivity index (χ1v) is 7.76. The van der Waals surface area contributed by atoms with Crippen LogP contribution in [-0.2, 0) is 9.84 Å². The van der Waals surface area contributed by atoms with E-state index in [1.54, 1.807) is 18.2 Å². The summed E-state index contributed by atoms with van der Waals surface area (Å²) in [5.74, 6) is 0.370. The number of nitriles is 1. The van der Waals surface area contributed by atoms with Crippen LogP contribution in [0.3, 0.4) is 0 Å². The molecule has 4 nitrogen and oxygen atoms in total. The summed E-state index contributed by atoms with van der Waals surface area (Å²) in [5, 5.41) is 9.59. The van der Waals surface area contributed by atoms with E-state index >= 15 is 0 Å². The largest absolute Gasteiger partial charge is 0.369 e. The van der Waals surface area contributed by atoms with Gasteiger partial charge in [0.05, 0.1) is 22.8 Å². The second-order valence-corrected chi connectivity index (χ2v) is 7.11. The minimum atomic E-state index is -2.93. The van der Waals surface area contributed by atoms with Crippen molar-refractivity contribution in [2.24, 2.45) is 0 Å². The van der Waals surface area contributed by atoms with Gasteiger partial charge in [0.1, 0.15) is 6.07 Å². The van der Waals surface area contributed by atoms with Gasteiger partial charge in [-0.05, 0) is 24.6 Å². The lowest BCUT2D eigenvalue weighted by atomic mass is 10.1. The van der Waals surface area contributed by atoms with E-state index in [2.05, 4.69) is 6.07 Å². The number of benzene rings is 1. The molecule has 0 radical (unpaired) electrons. The first kappa shape index (κ1) is 13.2. The Hall–Kier alpha value is -1.25. The molecule has 0 saturated carbocycles. The summed E-state index contributed by atoms with van der Waals surface area (Å²) in [7, 11) is -1.11. The fourth-order valence-electron chi connectivity index (χ4n) is 2.18. The monoisotopic (exact) mass is 284 g/mol. The standard InChI is InChI=1S/C12H13ClN2O2S/c1-15(11-4-5-18(16,17)8-11)12-3-2-10(13)6-9(12)7-14/h2-3,6,11H,4-5,8H2,1H3. The molecule has 6 heteroatoms. The van der Waals surface area contributed by atoms with Crippen LogP contribution in [0.25, 0.3) is 0 Å². The van der Waals surface area contributed by atoms with Crippen LogP contribution in [0.5, 0.6) is 0 Å². The number of hydrogen-bond donors (Lipinski definition) is 0. The Kier molecular flexibility index (Phi) is 3.51. The van der Waals surface area contributed by atoms with E-state index in [4.69, 9.17) is 16.9 Å². The van der Waals surface area contributed by atoms with Crippen molar-refractivity contribution in [1.29, 1.82) is 5.26 Å². The Bertz CT molecular complexity index is 607. The van der Waals surface area contributed by atoms with Gasteiger partial charge in [0.15, 0.2) is 9.84 Å². The summed E-state index contributed by atoms with van der Waals surface area (Å²) in [4.78, 5) is 1.86. The maximum atomic E-state index is 11.5. The van der Waals surface area contributed by atoms with Crippen molar-refractivity contribution in [1.82, 2.24) is 0 Å². The Morgan fingerprint density at radius 1 is 1.50 bits per heavy atom. The molecular weight excluding hydrogens is 272 g/mol. The third-order valence-corrected chi connectivity index (χ3v) is 5.20. The van der Waals surface area contributed by atoms with Crippen LogP contribution >= 0.6 is 11.6 Å². The predicted molar refractivity (Wildman–Crippen MR) is 71.6 cm³/mol. The summed E-state index contributed by atoms with van der Waals surface area (Å²) in [6.45, 7) is 0. The van der Waals surface area contributed by atoms with Crippen molar-refractivity contribution < 1.29 is 8.42 Å². The lowest BCUT2D eigenvalue weighted by Crippen LogP contribution is -2.33. The third-order valence-electron chi connectivity index (χ3n) is 3.22. The van der Waals surface area contributed by atoms with Gasteiger partial charge in [-0.1, -0.05) is 11.6 Å². The minimum absolute atomic E-state index is 0.0664. The molecule has 1 fully saturated rings. The van der Waals surface area contributed by atoms with E-state index in [9.17, 15) is 8.42 Å². The van der Waals surface area contributed by atoms with E-state index in [0.717, 1.165) is 5.69 Å². The van der Waals surface area contributed by atoms with Crippen molar-refractivity contribution in [3.63, 3.8) is 0 Å². The molecule has 1 unspecified atom stereocenters. The number of anilines is 1. The highest BCUT2D eigenvalue weighted by molar-refractivity contribution is 7.91. The van der Waals surface area contributed by atoms with Gasteiger partial charge >= 0.3 is 0 Å². The van der Waals surface area contributed by atoms with Crippen LogP contribution in [0.4, 0.5) is 5.69 Å². The number of hydrogen-bond acceptors (Lipinski definition) is 4. The summed E-state index contributed by atoms with van der Waals surface area (Å²) >= 11 is 5.84. The molecule has 1 aliphatic heterocycles. The maximum Gasteiger partial charge on any atom is 0.152 e. The SMILES string of the molecule is CN(c1ccc(Cl)cc1C#N)C1CCS(=O)(=O)C1. The molecule has 1 heterocycles. The molecule has 0 aromatic heterocycles. The first-order chi connectivity index (χ1) is 8.43. The third kappa shape index (κ3) is 2.60. The average molecular weight is 285 g/mol. The molecule has 2 rings (SSSR count). The molecule has 18 heavy (non-hydrogen) atoms. The zero-order valence-corrected chi connectivity index (χ0v) is 11.5. The predicted octanol–water partition coefficient (Wildman–Crippen LogP) is 1.83. The molecular formula is C12H13ClN2O2S. The van der Waals surface area contributed by atoms with Gasteiger partial charge < -0.3 is 4.90 Å². The summed E-state index contributed by atoms with van der Waals surface area (Å²) in [6.07, 6.45) is 0.604. The summed E-state index contributed by atoms with van der Waals surface area (Å²) in [6, 6.07) is 7.08. The zero-order valence-electron chi connectivity index (χ0n) is 9.93. The molecule has 1 atom stereocenters. The highest BCUT2D eigenvalue weighted by atomic mass is 35.5. The van der Waals surface area contributed by atoms with Crippen molar-refractivity contribution in [3.05, 3.63) is 28.8 Å². The smallest absolute Gasteiger partial charge is 0.152 e. The Morgan fingerprint density at radius 3 is 2.78 bits per heavy atom. The van der Waals surface area contributed by atoms with Gasteiger partial charge in [-0.15, -0.1) is 0 Å². The first-order valence-electron chi connectivity index (χ1n) is 5.56. The molecule has 1 aliphatic rings. The van der Waals surface area contributed by atoms with Crippen molar-refractivity contribution in [2.45, 2.75) is 12.5 Å². The fraction of sp³-hybridized carbons (Fsp3) is 0.417. The molecule has 0 bridgehead atoms. The van der Waals surface area contributed by atoms with E-state index in [0.29, 0.717) is 17.0 Å². The highest BCUT2D eigenvalue weighted by Gasteiger charge is 2.31. The van der Waals surface area contributed by atoms with Crippen LogP contribution in [0.1, 0.15) is 12.0 Å². The minimum Gasteiger partial charge on any atom is -0.369 e. The molecule has 1 aromatic rings. The van der Waals surface area contributed by atoms with Crippen molar-refractivity contribution in [2.75, 3.05) is 23.5 Å². The zero-order chi connectivity index (χ0) is 13.3. The molecule has 0 spiro atoms. The molecule has 1 aromatic carbocycles. The average Bonchev–Trinajstić information content (AvgIpc) is 2.68. The molecule has 1 saturated heterocycles. The number of sulfone groups is 1. The number of halogens is 1. The van der Waals surface area contributed by atoms with Gasteiger partial charge in [0, 0.05) is 18.1 Å². The molecule has 0 amide bonds. The van der Waals surface area contributed by atoms with Gasteiger partial charge in [0.25, 0.3) is 0 Å². The lowest BCUT2D eigenvalue weighted by Gasteiger charge is -2.26. The fourth-order valence-corrected chi connectivity index (χ4v) is 4.13. The van der Waals surface area contributed by atoms with Gasteiger partial charge in [-0.2, -0.15) is 5.26 Å². The Labute approximate surface area is 112 Å². The molecule has 0 aliphatic carbocycles. The quantitative estimate of drug-likeness (QED) is 0.831. The van der Waals surface area contributed by atoms with Gasteiger partial charge in [0.2, 0.25) is 0 Å². The van der Waals surface area contributed by atoms with Crippen LogP contribution in [0, 0.1) is 11.3 Å². The number of nitrogens with zero attached hydrogens (tertiary/aromatic N) is 2. The normalized spacial score (nSPS) is 21.5. The Morgan fingerprint density at radius 2 is 2.22 bits per heavy atom. The lowest BCUT2D eigenvalue weighted by molar-refractivity contribution is 0.601. The second kappa shape index (κ2) is 4.79. The maximum absolute atomic E-state index is 11.5. The van der Waals surface area contributed by atoms with Crippen LogP contribution < -0.4 is 4.90 Å². The van der Waals surface area contributed by atoms with E-state index in [-0.39, 0.29) is 17.5 Å². The van der Waals surface area contributed by atoms with Crippen molar-refractivity contribution in [3.8, 4) is 6.07 Å². The summed E-state index contributed by atoms with van der Waals surface area (Å²) in [5.41, 5.74) is 1.19. The van der Waals surface area contributed by atoms with Crippen LogP contribution in [0.2, 0.25) is 5.02 Å². The highest BCUT2D eigenvalue weighted by Crippen LogP contribution is 2.27. The van der Waals surface area contributed by atoms with Gasteiger partial charge in [-0.25, -0.2) is 8.42 Å². The second-order valence-electron chi connectivity index (χ2n) is 4.44. The number of rotatable bonds is 2. The van der Waals surface area contributed by atoms with E-state index in [1.165, 1.54) is 0 Å². The molecule has 96 valence electrons. The Balaban J connectivity index is 2.30. The summed E-state index contributed by atoms with van der Waals surface area (Å²) < 4.78 is 22.9. The van der Waals surface area contributed by atoms with Crippen LogP contribution in [0.15, 0.2) is 18.2 Å². The van der Waals surface area contributed by atoms with E-state index in [1.807, 2.05) is 11.9 Å². The van der Waals surface area contributed by atoms with Crippen LogP contribution in [-0.4, -0.2) is 33.0 Å². The van der Waals surface area contributed by atoms with Crippen molar-refractivity contribution >= 4 is 27.1 Å². The molecule has 0 N–H and O–H groups in total. The van der Waals surface area contributed by atoms with Gasteiger partial charge in [-0.3, -0.25) is 0 Å².